The summed E-state index contributed by atoms with van der Waals surface area (Å²) in [6.45, 7) is 13.4. The summed E-state index contributed by atoms with van der Waals surface area (Å²) in [5, 5.41) is 0. The van der Waals surface area contributed by atoms with Gasteiger partial charge in [0.25, 0.3) is 0 Å². The minimum Gasteiger partial charge on any atom is -0.327 e. The van der Waals surface area contributed by atoms with E-state index in [0.29, 0.717) is 17.4 Å². The Labute approximate surface area is 113 Å². The molecule has 2 rings (SSSR count). The molecule has 1 aliphatic heterocycles. The lowest BCUT2D eigenvalue weighted by Crippen LogP contribution is -2.52. The standard InChI is InChI=1S/C15H31N3/c1-12-14(16)6-5-13(15(12,2)3)11-18-9-7-17(4)8-10-18/h12-14H,5-11,16H2,1-4H3. The largest absolute Gasteiger partial charge is 0.327 e. The van der Waals surface area contributed by atoms with Crippen molar-refractivity contribution in [2.45, 2.75) is 39.7 Å². The molecule has 2 N–H and O–H groups in total. The Morgan fingerprint density at radius 3 is 2.33 bits per heavy atom. The SMILES string of the molecule is CC1C(N)CCC(CN2CCN(C)CC2)C1(C)C. The van der Waals surface area contributed by atoms with Gasteiger partial charge in [-0.25, -0.2) is 0 Å². The molecule has 0 aromatic carbocycles. The Kier molecular flexibility index (Phi) is 4.35. The Bertz CT molecular complexity index is 269. The van der Waals surface area contributed by atoms with E-state index in [1.165, 1.54) is 45.6 Å². The molecule has 1 saturated heterocycles. The summed E-state index contributed by atoms with van der Waals surface area (Å²) < 4.78 is 0. The van der Waals surface area contributed by atoms with Gasteiger partial charge in [-0.2, -0.15) is 0 Å². The summed E-state index contributed by atoms with van der Waals surface area (Å²) in [5.74, 6) is 1.46. The smallest absolute Gasteiger partial charge is 0.0110 e. The third-order valence-corrected chi connectivity index (χ3v) is 5.79. The Balaban J connectivity index is 1.92. The van der Waals surface area contributed by atoms with Crippen molar-refractivity contribution in [1.82, 2.24) is 9.80 Å². The second-order valence-corrected chi connectivity index (χ2v) is 7.15. The van der Waals surface area contributed by atoms with Crippen molar-refractivity contribution in [2.24, 2.45) is 23.0 Å². The molecule has 0 spiro atoms. The van der Waals surface area contributed by atoms with Crippen molar-refractivity contribution in [3.8, 4) is 0 Å². The highest BCUT2D eigenvalue weighted by molar-refractivity contribution is 4.94. The Morgan fingerprint density at radius 1 is 1.11 bits per heavy atom. The summed E-state index contributed by atoms with van der Waals surface area (Å²) in [6.07, 6.45) is 2.52. The van der Waals surface area contributed by atoms with Crippen LogP contribution in [0.15, 0.2) is 0 Å². The van der Waals surface area contributed by atoms with Crippen LogP contribution in [0.1, 0.15) is 33.6 Å². The van der Waals surface area contributed by atoms with Crippen LogP contribution in [0.4, 0.5) is 0 Å². The fourth-order valence-electron chi connectivity index (χ4n) is 3.61. The van der Waals surface area contributed by atoms with E-state index in [2.05, 4.69) is 37.6 Å². The molecule has 0 amide bonds. The van der Waals surface area contributed by atoms with Crippen LogP contribution in [0.5, 0.6) is 0 Å². The van der Waals surface area contributed by atoms with Gasteiger partial charge in [-0.3, -0.25) is 0 Å². The Morgan fingerprint density at radius 2 is 1.72 bits per heavy atom. The number of hydrogen-bond donors (Lipinski definition) is 1. The van der Waals surface area contributed by atoms with Crippen LogP contribution < -0.4 is 5.73 Å². The van der Waals surface area contributed by atoms with E-state index in [1.807, 2.05) is 0 Å². The van der Waals surface area contributed by atoms with E-state index < -0.39 is 0 Å². The molecule has 0 aromatic heterocycles. The lowest BCUT2D eigenvalue weighted by Gasteiger charge is -2.49. The van der Waals surface area contributed by atoms with Crippen LogP contribution in [-0.2, 0) is 0 Å². The number of rotatable bonds is 2. The first-order valence-corrected chi connectivity index (χ1v) is 7.57. The van der Waals surface area contributed by atoms with Gasteiger partial charge < -0.3 is 15.5 Å². The molecule has 3 atom stereocenters. The molecule has 106 valence electrons. The molecule has 3 nitrogen and oxygen atoms in total. The maximum absolute atomic E-state index is 6.25. The van der Waals surface area contributed by atoms with Crippen molar-refractivity contribution >= 4 is 0 Å². The first kappa shape index (κ1) is 14.3. The van der Waals surface area contributed by atoms with Crippen LogP contribution in [0.25, 0.3) is 0 Å². The maximum atomic E-state index is 6.25. The minimum atomic E-state index is 0.390. The van der Waals surface area contributed by atoms with Gasteiger partial charge in [0.15, 0.2) is 0 Å². The van der Waals surface area contributed by atoms with Gasteiger partial charge in [-0.15, -0.1) is 0 Å². The lowest BCUT2D eigenvalue weighted by molar-refractivity contribution is 0.0186. The fourth-order valence-corrected chi connectivity index (χ4v) is 3.61. The maximum Gasteiger partial charge on any atom is 0.0110 e. The van der Waals surface area contributed by atoms with E-state index in [4.69, 9.17) is 5.73 Å². The molecular weight excluding hydrogens is 222 g/mol. The molecule has 1 saturated carbocycles. The van der Waals surface area contributed by atoms with Crippen LogP contribution in [0.3, 0.4) is 0 Å². The summed E-state index contributed by atoms with van der Waals surface area (Å²) in [4.78, 5) is 5.09. The average molecular weight is 253 g/mol. The van der Waals surface area contributed by atoms with E-state index in [1.54, 1.807) is 0 Å². The average Bonchev–Trinajstić information content (AvgIpc) is 2.33. The molecule has 1 heterocycles. The van der Waals surface area contributed by atoms with Gasteiger partial charge in [0.05, 0.1) is 0 Å². The molecule has 2 aliphatic rings. The molecular formula is C15H31N3. The quantitative estimate of drug-likeness (QED) is 0.812. The number of hydrogen-bond acceptors (Lipinski definition) is 3. The minimum absolute atomic E-state index is 0.390. The highest BCUT2D eigenvalue weighted by Gasteiger charge is 2.42. The van der Waals surface area contributed by atoms with Crippen molar-refractivity contribution in [3.05, 3.63) is 0 Å². The van der Waals surface area contributed by atoms with Gasteiger partial charge >= 0.3 is 0 Å². The van der Waals surface area contributed by atoms with Gasteiger partial charge in [0.1, 0.15) is 0 Å². The van der Waals surface area contributed by atoms with Gasteiger partial charge in [-0.05, 0) is 37.1 Å². The van der Waals surface area contributed by atoms with Crippen LogP contribution in [0, 0.1) is 17.3 Å². The summed E-state index contributed by atoms with van der Waals surface area (Å²) in [5.41, 5.74) is 6.64. The molecule has 2 fully saturated rings. The van der Waals surface area contributed by atoms with Crippen molar-refractivity contribution in [3.63, 3.8) is 0 Å². The first-order chi connectivity index (χ1) is 8.41. The number of nitrogens with two attached hydrogens (primary N) is 1. The predicted molar refractivity (Wildman–Crippen MR) is 77.6 cm³/mol. The topological polar surface area (TPSA) is 32.5 Å². The predicted octanol–water partition coefficient (Wildman–Crippen LogP) is 1.63. The number of nitrogens with zero attached hydrogens (tertiary/aromatic N) is 2. The van der Waals surface area contributed by atoms with Crippen LogP contribution >= 0.6 is 0 Å². The van der Waals surface area contributed by atoms with Crippen LogP contribution in [0.2, 0.25) is 0 Å². The van der Waals surface area contributed by atoms with Gasteiger partial charge in [0.2, 0.25) is 0 Å². The monoisotopic (exact) mass is 253 g/mol. The van der Waals surface area contributed by atoms with Crippen molar-refractivity contribution < 1.29 is 0 Å². The van der Waals surface area contributed by atoms with Gasteiger partial charge in [-0.1, -0.05) is 20.8 Å². The van der Waals surface area contributed by atoms with E-state index in [9.17, 15) is 0 Å². The number of likely N-dealkylation sites (N-methyl/N-ethyl adjacent to an activating group) is 1. The molecule has 0 bridgehead atoms. The normalized spacial score (nSPS) is 38.8. The summed E-state index contributed by atoms with van der Waals surface area (Å²) in [7, 11) is 2.23. The number of piperazine rings is 1. The molecule has 1 aliphatic carbocycles. The molecule has 0 aromatic rings. The molecule has 3 unspecified atom stereocenters. The molecule has 0 radical (unpaired) electrons. The zero-order chi connectivity index (χ0) is 13.3. The van der Waals surface area contributed by atoms with Crippen LogP contribution in [-0.4, -0.2) is 55.6 Å². The second kappa shape index (κ2) is 5.48. The fraction of sp³-hybridized carbons (Fsp3) is 1.00. The van der Waals surface area contributed by atoms with Gasteiger partial charge in [0, 0.05) is 38.8 Å². The third-order valence-electron chi connectivity index (χ3n) is 5.79. The lowest BCUT2D eigenvalue weighted by atomic mass is 9.61. The van der Waals surface area contributed by atoms with E-state index in [-0.39, 0.29) is 0 Å². The molecule has 18 heavy (non-hydrogen) atoms. The van der Waals surface area contributed by atoms with E-state index >= 15 is 0 Å². The zero-order valence-electron chi connectivity index (χ0n) is 12.7. The summed E-state index contributed by atoms with van der Waals surface area (Å²) >= 11 is 0. The molecule has 3 heteroatoms. The van der Waals surface area contributed by atoms with Crippen molar-refractivity contribution in [1.29, 1.82) is 0 Å². The first-order valence-electron chi connectivity index (χ1n) is 7.57. The summed E-state index contributed by atoms with van der Waals surface area (Å²) in [6, 6.07) is 0.406. The highest BCUT2D eigenvalue weighted by atomic mass is 15.2. The second-order valence-electron chi connectivity index (χ2n) is 7.15. The Hall–Kier alpha value is -0.120. The third kappa shape index (κ3) is 2.89. The highest BCUT2D eigenvalue weighted by Crippen LogP contribution is 2.44. The van der Waals surface area contributed by atoms with E-state index in [0.717, 1.165) is 5.92 Å². The van der Waals surface area contributed by atoms with Crippen molar-refractivity contribution in [2.75, 3.05) is 39.8 Å². The zero-order valence-corrected chi connectivity index (χ0v) is 12.7.